The fraction of sp³-hybridized carbons (Fsp3) is 0.0952. The van der Waals surface area contributed by atoms with E-state index < -0.39 is 5.95 Å². The lowest BCUT2D eigenvalue weighted by Crippen LogP contribution is -2.01. The third-order valence-electron chi connectivity index (χ3n) is 4.25. The van der Waals surface area contributed by atoms with Crippen LogP contribution in [-0.4, -0.2) is 27.0 Å². The monoisotopic (exact) mass is 444 g/mol. The van der Waals surface area contributed by atoms with Crippen molar-refractivity contribution < 1.29 is 13.9 Å². The molecule has 0 radical (unpaired) electrons. The normalized spacial score (nSPS) is 10.8. The highest BCUT2D eigenvalue weighted by molar-refractivity contribution is 6.32. The highest BCUT2D eigenvalue weighted by Crippen LogP contribution is 2.36. The van der Waals surface area contributed by atoms with E-state index in [4.69, 9.17) is 32.7 Å². The second-order valence-corrected chi connectivity index (χ2v) is 6.99. The van der Waals surface area contributed by atoms with Crippen LogP contribution in [0.3, 0.4) is 0 Å². The maximum Gasteiger partial charge on any atom is 0.213 e. The van der Waals surface area contributed by atoms with Gasteiger partial charge in [-0.2, -0.15) is 4.39 Å². The molecule has 152 valence electrons. The predicted octanol–water partition coefficient (Wildman–Crippen LogP) is 5.57. The van der Waals surface area contributed by atoms with Crippen molar-refractivity contribution in [3.05, 3.63) is 76.7 Å². The topological polar surface area (TPSA) is 72.9 Å². The van der Waals surface area contributed by atoms with Crippen molar-refractivity contribution in [2.45, 2.75) is 6.61 Å². The first kappa shape index (κ1) is 20.1. The summed E-state index contributed by atoms with van der Waals surface area (Å²) in [5.41, 5.74) is 2.51. The lowest BCUT2D eigenvalue weighted by molar-refractivity contribution is 0.279. The molecule has 0 aliphatic heterocycles. The van der Waals surface area contributed by atoms with Crippen LogP contribution >= 0.6 is 23.2 Å². The predicted molar refractivity (Wildman–Crippen MR) is 112 cm³/mol. The van der Waals surface area contributed by atoms with Crippen LogP contribution in [0.15, 0.2) is 54.7 Å². The number of hydrogen-bond acceptors (Lipinski definition) is 5. The van der Waals surface area contributed by atoms with Gasteiger partial charge in [0, 0.05) is 17.3 Å². The number of benzene rings is 1. The van der Waals surface area contributed by atoms with Crippen LogP contribution in [0.5, 0.6) is 11.5 Å². The molecule has 1 aromatic carbocycles. The maximum atomic E-state index is 13.2. The van der Waals surface area contributed by atoms with Gasteiger partial charge in [0.05, 0.1) is 12.8 Å². The van der Waals surface area contributed by atoms with Crippen LogP contribution in [0.4, 0.5) is 4.39 Å². The zero-order valence-electron chi connectivity index (χ0n) is 15.7. The Bertz CT molecular complexity index is 1180. The van der Waals surface area contributed by atoms with Gasteiger partial charge in [-0.05, 0) is 42.5 Å². The Morgan fingerprint density at radius 1 is 1.00 bits per heavy atom. The molecule has 1 N–H and O–H groups in total. The standard InChI is InChI=1S/C21H15Cl2FN4O2/c1-29-16-9-12(5-7-15(16)30-11-14-3-2-4-18(24)26-14)19-20(23)28-21(27-19)13-6-8-17(22)25-10-13/h2-10H,11H2,1H3,(H,27,28). The second kappa shape index (κ2) is 8.69. The van der Waals surface area contributed by atoms with E-state index in [1.54, 1.807) is 42.6 Å². The molecule has 0 amide bonds. The molecule has 4 aromatic rings. The van der Waals surface area contributed by atoms with Crippen molar-refractivity contribution in [2.75, 3.05) is 7.11 Å². The molecule has 0 fully saturated rings. The van der Waals surface area contributed by atoms with E-state index in [9.17, 15) is 4.39 Å². The number of H-pyrrole nitrogens is 1. The number of halogens is 3. The van der Waals surface area contributed by atoms with Gasteiger partial charge in [0.2, 0.25) is 5.95 Å². The van der Waals surface area contributed by atoms with Crippen molar-refractivity contribution in [2.24, 2.45) is 0 Å². The van der Waals surface area contributed by atoms with Gasteiger partial charge in [-0.3, -0.25) is 0 Å². The summed E-state index contributed by atoms with van der Waals surface area (Å²) in [5, 5.41) is 0.769. The molecule has 0 aliphatic rings. The van der Waals surface area contributed by atoms with Crippen molar-refractivity contribution in [1.82, 2.24) is 19.9 Å². The van der Waals surface area contributed by atoms with Crippen LogP contribution in [-0.2, 0) is 6.61 Å². The van der Waals surface area contributed by atoms with Gasteiger partial charge < -0.3 is 14.5 Å². The molecule has 9 heteroatoms. The Balaban J connectivity index is 1.59. The SMILES string of the molecule is COc1cc(-c2nc(-c3ccc(Cl)nc3)[nH]c2Cl)ccc1OCc1cccc(F)n1. The van der Waals surface area contributed by atoms with Crippen LogP contribution < -0.4 is 9.47 Å². The highest BCUT2D eigenvalue weighted by Gasteiger charge is 2.15. The summed E-state index contributed by atoms with van der Waals surface area (Å²) >= 11 is 12.2. The average molecular weight is 445 g/mol. The van der Waals surface area contributed by atoms with Gasteiger partial charge in [0.25, 0.3) is 0 Å². The third kappa shape index (κ3) is 4.37. The molecular formula is C21H15Cl2FN4O2. The van der Waals surface area contributed by atoms with Gasteiger partial charge in [-0.25, -0.2) is 15.0 Å². The van der Waals surface area contributed by atoms with Gasteiger partial charge in [-0.1, -0.05) is 29.3 Å². The minimum Gasteiger partial charge on any atom is -0.493 e. The Morgan fingerprint density at radius 2 is 1.83 bits per heavy atom. The first-order valence-electron chi connectivity index (χ1n) is 8.83. The summed E-state index contributed by atoms with van der Waals surface area (Å²) in [6, 6.07) is 13.3. The number of nitrogens with zero attached hydrogens (tertiary/aromatic N) is 3. The third-order valence-corrected chi connectivity index (χ3v) is 4.74. The highest BCUT2D eigenvalue weighted by atomic mass is 35.5. The zero-order chi connectivity index (χ0) is 21.1. The molecule has 0 saturated carbocycles. The van der Waals surface area contributed by atoms with Crippen LogP contribution in [0.1, 0.15) is 5.69 Å². The number of hydrogen-bond donors (Lipinski definition) is 1. The molecule has 0 bridgehead atoms. The number of pyridine rings is 2. The van der Waals surface area contributed by atoms with Gasteiger partial charge in [0.15, 0.2) is 11.5 Å². The maximum absolute atomic E-state index is 13.2. The van der Waals surface area contributed by atoms with E-state index in [1.807, 2.05) is 6.07 Å². The summed E-state index contributed by atoms with van der Waals surface area (Å²) in [6.07, 6.45) is 1.61. The lowest BCUT2D eigenvalue weighted by Gasteiger charge is -2.11. The zero-order valence-corrected chi connectivity index (χ0v) is 17.2. The summed E-state index contributed by atoms with van der Waals surface area (Å²) in [7, 11) is 1.53. The molecule has 3 heterocycles. The average Bonchev–Trinajstić information content (AvgIpc) is 3.14. The Hall–Kier alpha value is -3.16. The number of rotatable bonds is 6. The quantitative estimate of drug-likeness (QED) is 0.393. The summed E-state index contributed by atoms with van der Waals surface area (Å²) < 4.78 is 24.4. The molecule has 4 rings (SSSR count). The minimum absolute atomic E-state index is 0.102. The molecule has 0 saturated heterocycles. The first-order valence-corrected chi connectivity index (χ1v) is 9.59. The molecule has 0 aliphatic carbocycles. The Labute approximate surface area is 181 Å². The number of aromatic amines is 1. The van der Waals surface area contributed by atoms with Crippen LogP contribution in [0.25, 0.3) is 22.6 Å². The second-order valence-electron chi connectivity index (χ2n) is 6.22. The van der Waals surface area contributed by atoms with Crippen LogP contribution in [0.2, 0.25) is 10.3 Å². The number of ether oxygens (including phenoxy) is 2. The smallest absolute Gasteiger partial charge is 0.213 e. The molecule has 0 unspecified atom stereocenters. The summed E-state index contributed by atoms with van der Waals surface area (Å²) in [4.78, 5) is 15.4. The number of imidazole rings is 1. The van der Waals surface area contributed by atoms with Crippen molar-refractivity contribution in [1.29, 1.82) is 0 Å². The first-order chi connectivity index (χ1) is 14.5. The van der Waals surface area contributed by atoms with Gasteiger partial charge in [0.1, 0.15) is 28.4 Å². The number of aromatic nitrogens is 4. The van der Waals surface area contributed by atoms with Crippen molar-refractivity contribution in [3.63, 3.8) is 0 Å². The van der Waals surface area contributed by atoms with E-state index >= 15 is 0 Å². The molecule has 0 spiro atoms. The van der Waals surface area contributed by atoms with E-state index in [0.717, 1.165) is 11.1 Å². The van der Waals surface area contributed by atoms with E-state index in [1.165, 1.54) is 13.2 Å². The summed E-state index contributed by atoms with van der Waals surface area (Å²) in [5.74, 6) is 0.979. The molecular weight excluding hydrogens is 430 g/mol. The van der Waals surface area contributed by atoms with E-state index in [0.29, 0.717) is 39.0 Å². The summed E-state index contributed by atoms with van der Waals surface area (Å²) in [6.45, 7) is 0.102. The fourth-order valence-electron chi connectivity index (χ4n) is 2.81. The van der Waals surface area contributed by atoms with Crippen molar-refractivity contribution >= 4 is 23.2 Å². The number of methoxy groups -OCH3 is 1. The Kier molecular flexibility index (Phi) is 5.83. The van der Waals surface area contributed by atoms with Crippen LogP contribution in [0, 0.1) is 5.95 Å². The largest absolute Gasteiger partial charge is 0.493 e. The van der Waals surface area contributed by atoms with Crippen molar-refractivity contribution in [3.8, 4) is 34.1 Å². The minimum atomic E-state index is -0.557. The molecule has 3 aromatic heterocycles. The molecule has 0 atom stereocenters. The lowest BCUT2D eigenvalue weighted by atomic mass is 10.1. The van der Waals surface area contributed by atoms with Gasteiger partial charge in [-0.15, -0.1) is 0 Å². The molecule has 6 nitrogen and oxygen atoms in total. The van der Waals surface area contributed by atoms with E-state index in [-0.39, 0.29) is 6.61 Å². The van der Waals surface area contributed by atoms with E-state index in [2.05, 4.69) is 19.9 Å². The van der Waals surface area contributed by atoms with Gasteiger partial charge >= 0.3 is 0 Å². The Morgan fingerprint density at radius 3 is 2.57 bits per heavy atom. The molecule has 30 heavy (non-hydrogen) atoms. The number of nitrogens with one attached hydrogen (secondary N) is 1. The fourth-order valence-corrected chi connectivity index (χ4v) is 3.17.